The largest absolute Gasteiger partial charge is 0.510 e. The molecule has 6 rings (SSSR count). The molecule has 4 aromatic carbocycles. The molecule has 3 unspecified atom stereocenters. The van der Waals surface area contributed by atoms with E-state index in [1.807, 2.05) is 89.8 Å². The molecule has 0 amide bonds. The minimum absolute atomic E-state index is 0.0234. The van der Waals surface area contributed by atoms with E-state index < -0.39 is 17.9 Å². The molecular weight excluding hydrogens is 939 g/mol. The van der Waals surface area contributed by atoms with Gasteiger partial charge in [0.05, 0.1) is 91.7 Å². The molecule has 1 fully saturated rings. The van der Waals surface area contributed by atoms with Crippen molar-refractivity contribution in [1.82, 2.24) is 0 Å². The molecule has 2 aliphatic carbocycles. The summed E-state index contributed by atoms with van der Waals surface area (Å²) in [5.74, 6) is 0.0920. The van der Waals surface area contributed by atoms with Crippen molar-refractivity contribution in [2.24, 2.45) is 5.92 Å². The number of esters is 2. The molecule has 0 aliphatic heterocycles. The van der Waals surface area contributed by atoms with Gasteiger partial charge in [-0.25, -0.2) is 4.79 Å². The summed E-state index contributed by atoms with van der Waals surface area (Å²) in [6, 6.07) is 30.6. The van der Waals surface area contributed by atoms with E-state index in [4.69, 9.17) is 51.6 Å². The molecular formula is C50H61BrCl2N2O10. The van der Waals surface area contributed by atoms with Gasteiger partial charge in [-0.3, -0.25) is 9.59 Å². The van der Waals surface area contributed by atoms with Crippen LogP contribution in [0.25, 0.3) is 0 Å². The Morgan fingerprint density at radius 2 is 1.37 bits per heavy atom. The van der Waals surface area contributed by atoms with E-state index in [2.05, 4.69) is 21.2 Å². The molecule has 0 spiro atoms. The zero-order valence-corrected chi connectivity index (χ0v) is 40.7. The van der Waals surface area contributed by atoms with Crippen molar-refractivity contribution < 1.29 is 47.9 Å². The third-order valence-corrected chi connectivity index (χ3v) is 12.1. The number of ketones is 1. The summed E-state index contributed by atoms with van der Waals surface area (Å²) in [5.41, 5.74) is 4.16. The van der Waals surface area contributed by atoms with E-state index in [1.165, 1.54) is 5.56 Å². The van der Waals surface area contributed by atoms with Crippen LogP contribution in [0.1, 0.15) is 63.5 Å². The molecule has 12 nitrogen and oxygen atoms in total. The highest BCUT2D eigenvalue weighted by Gasteiger charge is 2.35. The average molecular weight is 1000 g/mol. The first-order valence-electron chi connectivity index (χ1n) is 21.9. The number of aliphatic hydroxyl groups excluding tert-OH is 1. The van der Waals surface area contributed by atoms with Gasteiger partial charge < -0.3 is 43.7 Å². The number of nitrogens with zero attached hydrogens (tertiary/aromatic N) is 1. The van der Waals surface area contributed by atoms with Crippen LogP contribution in [-0.2, 0) is 46.5 Å². The first-order valence-corrected chi connectivity index (χ1v) is 23.5. The standard InChI is InChI=1S/C25H30ClNO5.C16H18ClNO2.C9H13BrO3/c1-3-32-25(29)20-10-7-11-22(24(20)28)27(23-16-19(30-2)12-13-21(23)26)14-15-31-17-18-8-5-4-6-9-18;1-19-14-7-8-15(17)16(11-14)18-9-10-20-12-13-5-3-2-4-6-13;1-2-13-9(12)6-4-3-5-7(10)8(6)11/h4-6,8-9,12-13,16,22,28H,3,7,10-11,14-15,17H2,1-2H3;2-8,11,18H,9-10,12H2,1H3;6-7H,2-5H2,1H3. The fraction of sp³-hybridized carbons (Fsp3) is 0.420. The Balaban J connectivity index is 0.000000238. The number of hydrogen-bond donors (Lipinski definition) is 2. The molecule has 2 N–H and O–H groups in total. The van der Waals surface area contributed by atoms with Crippen molar-refractivity contribution in [2.45, 2.75) is 76.5 Å². The van der Waals surface area contributed by atoms with Gasteiger partial charge in [0.2, 0.25) is 0 Å². The van der Waals surface area contributed by atoms with Crippen LogP contribution in [-0.4, -0.2) is 87.4 Å². The fourth-order valence-electron chi connectivity index (χ4n) is 7.15. The Kier molecular flexibility index (Phi) is 23.6. The molecule has 0 heterocycles. The number of hydrogen-bond acceptors (Lipinski definition) is 12. The number of carbonyl (C=O) groups excluding carboxylic acids is 3. The van der Waals surface area contributed by atoms with Crippen molar-refractivity contribution in [3.05, 3.63) is 130 Å². The number of anilines is 2. The Bertz CT molecular complexity index is 2110. The van der Waals surface area contributed by atoms with E-state index in [-0.39, 0.29) is 28.9 Å². The quantitative estimate of drug-likeness (QED) is 0.0400. The maximum absolute atomic E-state index is 12.4. The van der Waals surface area contributed by atoms with Gasteiger partial charge in [-0.2, -0.15) is 0 Å². The fourth-order valence-corrected chi connectivity index (χ4v) is 8.20. The molecule has 3 atom stereocenters. The SMILES string of the molecule is CCOC(=O)C1=C(O)C(N(CCOCc2ccccc2)c2cc(OC)ccc2Cl)CCC1.CCOC(=O)C1CCCC(Br)C1=O.COc1ccc(Cl)c(NCCOCc2ccccc2)c1. The summed E-state index contributed by atoms with van der Waals surface area (Å²) >= 11 is 15.9. The third-order valence-electron chi connectivity index (χ3n) is 10.5. The number of alkyl halides is 1. The molecule has 65 heavy (non-hydrogen) atoms. The molecule has 4 aromatic rings. The van der Waals surface area contributed by atoms with Crippen LogP contribution in [0.3, 0.4) is 0 Å². The normalized spacial score (nSPS) is 16.8. The van der Waals surface area contributed by atoms with Gasteiger partial charge in [-0.1, -0.05) is 106 Å². The molecule has 0 bridgehead atoms. The maximum Gasteiger partial charge on any atom is 0.337 e. The number of ether oxygens (including phenoxy) is 6. The lowest BCUT2D eigenvalue weighted by Gasteiger charge is -2.36. The second kappa shape index (κ2) is 29.0. The van der Waals surface area contributed by atoms with Gasteiger partial charge >= 0.3 is 11.9 Å². The van der Waals surface area contributed by atoms with Crippen LogP contribution in [0, 0.1) is 5.92 Å². The van der Waals surface area contributed by atoms with Crippen LogP contribution >= 0.6 is 39.1 Å². The zero-order chi connectivity index (χ0) is 47.0. The monoisotopic (exact) mass is 998 g/mol. The topological polar surface area (TPSA) is 142 Å². The minimum Gasteiger partial charge on any atom is -0.510 e. The number of benzene rings is 4. The number of rotatable bonds is 19. The first-order chi connectivity index (χ1) is 31.5. The molecule has 15 heteroatoms. The number of halogens is 3. The van der Waals surface area contributed by atoms with E-state index in [0.717, 1.165) is 42.0 Å². The van der Waals surface area contributed by atoms with Gasteiger partial charge in [0.15, 0.2) is 5.78 Å². The summed E-state index contributed by atoms with van der Waals surface area (Å²) in [5, 5.41) is 15.5. The van der Waals surface area contributed by atoms with Crippen molar-refractivity contribution in [3.63, 3.8) is 0 Å². The van der Waals surface area contributed by atoms with Crippen molar-refractivity contribution in [1.29, 1.82) is 0 Å². The molecule has 1 saturated carbocycles. The number of nitrogens with one attached hydrogen (secondary N) is 1. The lowest BCUT2D eigenvalue weighted by atomic mass is 9.88. The summed E-state index contributed by atoms with van der Waals surface area (Å²) in [7, 11) is 3.23. The van der Waals surface area contributed by atoms with E-state index in [1.54, 1.807) is 40.2 Å². The smallest absolute Gasteiger partial charge is 0.337 e. The molecule has 352 valence electrons. The Morgan fingerprint density at radius 3 is 1.98 bits per heavy atom. The second-order valence-corrected chi connectivity index (χ2v) is 16.9. The van der Waals surface area contributed by atoms with E-state index in [0.29, 0.717) is 86.8 Å². The van der Waals surface area contributed by atoms with Crippen LogP contribution in [0.4, 0.5) is 11.4 Å². The summed E-state index contributed by atoms with van der Waals surface area (Å²) < 4.78 is 32.0. The number of carbonyl (C=O) groups is 3. The predicted octanol–water partition coefficient (Wildman–Crippen LogP) is 11.0. The highest BCUT2D eigenvalue weighted by Crippen LogP contribution is 2.37. The predicted molar refractivity (Wildman–Crippen MR) is 260 cm³/mol. The van der Waals surface area contributed by atoms with Crippen LogP contribution < -0.4 is 19.7 Å². The third kappa shape index (κ3) is 17.2. The summed E-state index contributed by atoms with van der Waals surface area (Å²) in [6.07, 6.45) is 4.30. The number of methoxy groups -OCH3 is 2. The number of Topliss-reactive ketones (excluding diaryl/α,β-unsaturated/α-hetero) is 1. The van der Waals surface area contributed by atoms with E-state index >= 15 is 0 Å². The van der Waals surface area contributed by atoms with Crippen molar-refractivity contribution >= 4 is 68.2 Å². The van der Waals surface area contributed by atoms with E-state index in [9.17, 15) is 19.5 Å². The Morgan fingerprint density at radius 1 is 0.769 bits per heavy atom. The minimum atomic E-state index is -0.530. The summed E-state index contributed by atoms with van der Waals surface area (Å²) in [6.45, 7) is 7.41. The van der Waals surface area contributed by atoms with Gasteiger partial charge in [0.25, 0.3) is 0 Å². The zero-order valence-electron chi connectivity index (χ0n) is 37.6. The van der Waals surface area contributed by atoms with Crippen molar-refractivity contribution in [2.75, 3.05) is 64.0 Å². The van der Waals surface area contributed by atoms with Crippen molar-refractivity contribution in [3.8, 4) is 11.5 Å². The van der Waals surface area contributed by atoms with Gasteiger partial charge in [-0.15, -0.1) is 0 Å². The molecule has 0 radical (unpaired) electrons. The van der Waals surface area contributed by atoms with Gasteiger partial charge in [0.1, 0.15) is 23.2 Å². The van der Waals surface area contributed by atoms with Crippen LogP contribution in [0.15, 0.2) is 108 Å². The Hall–Kier alpha value is -4.79. The maximum atomic E-state index is 12.4. The first kappa shape index (κ1) is 52.8. The van der Waals surface area contributed by atoms with Gasteiger partial charge in [-0.05, 0) is 81.3 Å². The van der Waals surface area contributed by atoms with Crippen LogP contribution in [0.2, 0.25) is 10.0 Å². The highest BCUT2D eigenvalue weighted by molar-refractivity contribution is 9.10. The second-order valence-electron chi connectivity index (χ2n) is 15.0. The lowest BCUT2D eigenvalue weighted by Crippen LogP contribution is -2.42. The lowest BCUT2D eigenvalue weighted by molar-refractivity contribution is -0.152. The average Bonchev–Trinajstić information content (AvgIpc) is 3.32. The molecule has 2 aliphatic rings. The number of aliphatic hydroxyl groups is 1. The van der Waals surface area contributed by atoms with Crippen LogP contribution in [0.5, 0.6) is 11.5 Å². The summed E-state index contributed by atoms with van der Waals surface area (Å²) in [4.78, 5) is 37.0. The molecule has 0 saturated heterocycles. The highest BCUT2D eigenvalue weighted by atomic mass is 79.9. The molecule has 0 aromatic heterocycles. The van der Waals surface area contributed by atoms with Gasteiger partial charge in [0, 0.05) is 25.2 Å². The Labute approximate surface area is 401 Å².